The van der Waals surface area contributed by atoms with E-state index in [4.69, 9.17) is 4.74 Å². The third kappa shape index (κ3) is 4.50. The summed E-state index contributed by atoms with van der Waals surface area (Å²) < 4.78 is 37.5. The highest BCUT2D eigenvalue weighted by Crippen LogP contribution is 2.27. The summed E-state index contributed by atoms with van der Waals surface area (Å²) in [4.78, 5) is 37.6. The van der Waals surface area contributed by atoms with Gasteiger partial charge in [-0.3, -0.25) is 4.79 Å². The van der Waals surface area contributed by atoms with Crippen LogP contribution in [0.25, 0.3) is 15.8 Å². The minimum atomic E-state index is -3.96. The second-order valence-electron chi connectivity index (χ2n) is 7.15. The van der Waals surface area contributed by atoms with Crippen molar-refractivity contribution in [2.75, 3.05) is 6.26 Å². The van der Waals surface area contributed by atoms with Crippen LogP contribution in [0.4, 0.5) is 4.79 Å². The number of hydrogen-bond donors (Lipinski definition) is 0. The van der Waals surface area contributed by atoms with E-state index in [0.717, 1.165) is 22.4 Å². The van der Waals surface area contributed by atoms with Crippen LogP contribution in [0, 0.1) is 6.92 Å². The molecule has 170 valence electrons. The molecule has 0 spiro atoms. The van der Waals surface area contributed by atoms with E-state index in [-0.39, 0.29) is 12.3 Å². The van der Waals surface area contributed by atoms with E-state index >= 15 is 0 Å². The van der Waals surface area contributed by atoms with Gasteiger partial charge in [-0.05, 0) is 56.6 Å². The average Bonchev–Trinajstić information content (AvgIpc) is 3.11. The Hall–Kier alpha value is -3.25. The van der Waals surface area contributed by atoms with E-state index in [1.165, 1.54) is 23.6 Å². The lowest BCUT2D eigenvalue weighted by Crippen LogP contribution is -2.38. The zero-order chi connectivity index (χ0) is 23.8. The molecule has 2 heterocycles. The first-order valence-corrected chi connectivity index (χ1v) is 12.1. The minimum absolute atomic E-state index is 0.253. The van der Waals surface area contributed by atoms with Crippen molar-refractivity contribution >= 4 is 37.7 Å². The number of benzene rings is 1. The lowest BCUT2D eigenvalue weighted by atomic mass is 10.2. The highest BCUT2D eigenvalue weighted by Gasteiger charge is 2.27. The molecule has 12 heteroatoms. The molecular weight excluding hydrogens is 456 g/mol. The molecule has 3 aromatic rings. The van der Waals surface area contributed by atoms with Crippen molar-refractivity contribution in [3.05, 3.63) is 68.3 Å². The fraction of sp³-hybridized carbons (Fsp3) is 0.300. The Kier molecular flexibility index (Phi) is 6.37. The monoisotopic (exact) mass is 478 g/mol. The smallest absolute Gasteiger partial charge is 0.415 e. The van der Waals surface area contributed by atoms with E-state index < -0.39 is 27.4 Å². The Morgan fingerprint density at radius 3 is 2.59 bits per heavy atom. The molecular formula is C20H22N4O6S2. The fourth-order valence-electron chi connectivity index (χ4n) is 2.90. The van der Waals surface area contributed by atoms with Crippen LogP contribution in [0.3, 0.4) is 0 Å². The van der Waals surface area contributed by atoms with E-state index in [1.54, 1.807) is 39.1 Å². The molecule has 0 aliphatic carbocycles. The molecule has 1 amide bonds. The molecule has 0 N–H and O–H groups in total. The number of amides is 1. The Morgan fingerprint density at radius 2 is 1.97 bits per heavy atom. The molecule has 0 bridgehead atoms. The fourth-order valence-corrected chi connectivity index (χ4v) is 4.34. The van der Waals surface area contributed by atoms with Gasteiger partial charge in [0.2, 0.25) is 10.0 Å². The van der Waals surface area contributed by atoms with E-state index in [1.807, 2.05) is 0 Å². The van der Waals surface area contributed by atoms with Crippen LogP contribution in [0.1, 0.15) is 25.2 Å². The lowest BCUT2D eigenvalue weighted by Gasteiger charge is -2.19. The van der Waals surface area contributed by atoms with Gasteiger partial charge in [-0.25, -0.2) is 22.6 Å². The number of carbonyl (C=O) groups excluding carboxylic acids is 1. The summed E-state index contributed by atoms with van der Waals surface area (Å²) in [5.74, 6) is 0.253. The summed E-state index contributed by atoms with van der Waals surface area (Å²) in [5.41, 5.74) is 0.126. The largest absolute Gasteiger partial charge is 0.429 e. The minimum Gasteiger partial charge on any atom is -0.415 e. The summed E-state index contributed by atoms with van der Waals surface area (Å²) >= 11 is 1.11. The Balaban J connectivity index is 2.10. The number of rotatable bonds is 5. The molecule has 0 aliphatic heterocycles. The molecule has 3 rings (SSSR count). The molecule has 1 aromatic carbocycles. The van der Waals surface area contributed by atoms with E-state index in [0.29, 0.717) is 31.5 Å². The topological polar surface area (TPSA) is 121 Å². The number of sulfonamides is 1. The Labute approximate surface area is 188 Å². The first-order valence-electron chi connectivity index (χ1n) is 9.45. The number of carbonyl (C=O) groups is 1. The SMILES string of the molecule is C/C=C(\C)OC(=O)N(Cc1nsc2ccc(-n3c(=O)cc(C)n(C)c3=O)cc12)S(C)(=O)=O. The predicted octanol–water partition coefficient (Wildman–Crippen LogP) is 2.28. The number of aryl methyl sites for hydroxylation is 1. The van der Waals surface area contributed by atoms with Gasteiger partial charge in [-0.15, -0.1) is 0 Å². The van der Waals surface area contributed by atoms with Crippen molar-refractivity contribution < 1.29 is 17.9 Å². The summed E-state index contributed by atoms with van der Waals surface area (Å²) in [6.07, 6.45) is 1.38. The van der Waals surface area contributed by atoms with Crippen LogP contribution < -0.4 is 11.2 Å². The average molecular weight is 479 g/mol. The number of aromatic nitrogens is 3. The first-order chi connectivity index (χ1) is 14.9. The Morgan fingerprint density at radius 1 is 1.28 bits per heavy atom. The molecule has 0 atom stereocenters. The van der Waals surface area contributed by atoms with Crippen molar-refractivity contribution in [3.63, 3.8) is 0 Å². The van der Waals surface area contributed by atoms with Gasteiger partial charge in [0, 0.05) is 24.2 Å². The lowest BCUT2D eigenvalue weighted by molar-refractivity contribution is 0.152. The van der Waals surface area contributed by atoms with Crippen LogP contribution >= 0.6 is 11.5 Å². The van der Waals surface area contributed by atoms with Crippen molar-refractivity contribution in [2.45, 2.75) is 27.3 Å². The van der Waals surface area contributed by atoms with E-state index in [9.17, 15) is 22.8 Å². The summed E-state index contributed by atoms with van der Waals surface area (Å²) in [5, 5.41) is 0.520. The zero-order valence-electron chi connectivity index (χ0n) is 18.1. The van der Waals surface area contributed by atoms with Crippen LogP contribution in [-0.2, 0) is 28.4 Å². The molecule has 0 radical (unpaired) electrons. The highest BCUT2D eigenvalue weighted by atomic mass is 32.2. The zero-order valence-corrected chi connectivity index (χ0v) is 19.8. The maximum atomic E-state index is 12.7. The van der Waals surface area contributed by atoms with Crippen LogP contribution in [0.15, 0.2) is 45.7 Å². The van der Waals surface area contributed by atoms with Crippen molar-refractivity contribution in [1.29, 1.82) is 0 Å². The second-order valence-corrected chi connectivity index (χ2v) is 9.86. The molecule has 32 heavy (non-hydrogen) atoms. The highest BCUT2D eigenvalue weighted by molar-refractivity contribution is 7.88. The van der Waals surface area contributed by atoms with Crippen LogP contribution in [0.2, 0.25) is 0 Å². The summed E-state index contributed by atoms with van der Waals surface area (Å²) in [6, 6.07) is 6.23. The Bertz CT molecular complexity index is 1460. The van der Waals surface area contributed by atoms with Gasteiger partial charge >= 0.3 is 11.8 Å². The molecule has 2 aromatic heterocycles. The maximum absolute atomic E-state index is 12.7. The maximum Gasteiger partial charge on any atom is 0.429 e. The molecule has 10 nitrogen and oxygen atoms in total. The summed E-state index contributed by atoms with van der Waals surface area (Å²) in [7, 11) is -2.40. The van der Waals surface area contributed by atoms with Crippen molar-refractivity contribution in [1.82, 2.24) is 17.8 Å². The number of ether oxygens (including phenoxy) is 1. The summed E-state index contributed by atoms with van der Waals surface area (Å²) in [6.45, 7) is 4.48. The third-order valence-electron chi connectivity index (χ3n) is 4.90. The molecule has 0 saturated carbocycles. The van der Waals surface area contributed by atoms with Crippen LogP contribution in [0.5, 0.6) is 0 Å². The van der Waals surface area contributed by atoms with Gasteiger partial charge in [-0.2, -0.15) is 8.68 Å². The number of fused-ring (bicyclic) bond motifs is 1. The van der Waals surface area contributed by atoms with Gasteiger partial charge in [0.25, 0.3) is 5.56 Å². The molecule has 0 saturated heterocycles. The quantitative estimate of drug-likeness (QED) is 0.516. The third-order valence-corrected chi connectivity index (χ3v) is 6.84. The van der Waals surface area contributed by atoms with Crippen molar-refractivity contribution in [3.8, 4) is 5.69 Å². The van der Waals surface area contributed by atoms with E-state index in [2.05, 4.69) is 4.37 Å². The van der Waals surface area contributed by atoms with Gasteiger partial charge in [0.1, 0.15) is 5.76 Å². The standard InChI is InChI=1S/C20H22N4O6S2/c1-6-13(3)30-20(27)23(32(5,28)29)11-16-15-10-14(7-8-17(15)31-21-16)24-18(25)9-12(2)22(4)19(24)26/h6-10H,11H2,1-5H3/b13-6+. The predicted molar refractivity (Wildman–Crippen MR) is 121 cm³/mol. The molecule has 0 unspecified atom stereocenters. The number of nitrogens with zero attached hydrogens (tertiary/aromatic N) is 4. The van der Waals surface area contributed by atoms with Gasteiger partial charge in [0.05, 0.1) is 28.9 Å². The van der Waals surface area contributed by atoms with Crippen molar-refractivity contribution in [2.24, 2.45) is 7.05 Å². The first kappa shape index (κ1) is 23.4. The molecule has 0 aliphatic rings. The molecule has 0 fully saturated rings. The number of allylic oxidation sites excluding steroid dienone is 2. The van der Waals surface area contributed by atoms with Gasteiger partial charge in [-0.1, -0.05) is 0 Å². The normalized spacial score (nSPS) is 12.2. The van der Waals surface area contributed by atoms with Gasteiger partial charge in [0.15, 0.2) is 0 Å². The number of hydrogen-bond acceptors (Lipinski definition) is 8. The second kappa shape index (κ2) is 8.71. The van der Waals surface area contributed by atoms with Gasteiger partial charge < -0.3 is 9.30 Å². The van der Waals surface area contributed by atoms with Crippen LogP contribution in [-0.4, -0.2) is 38.6 Å².